The maximum atomic E-state index is 6.41. The van der Waals surface area contributed by atoms with E-state index in [-0.39, 0.29) is 12.1 Å². The first kappa shape index (κ1) is 16.8. The van der Waals surface area contributed by atoms with E-state index in [1.807, 2.05) is 12.1 Å². The van der Waals surface area contributed by atoms with Crippen molar-refractivity contribution < 1.29 is 4.74 Å². The van der Waals surface area contributed by atoms with Crippen LogP contribution < -0.4 is 5.32 Å². The number of nitrogens with zero attached hydrogens (tertiary/aromatic N) is 1. The van der Waals surface area contributed by atoms with E-state index in [4.69, 9.17) is 16.3 Å². The summed E-state index contributed by atoms with van der Waals surface area (Å²) in [6.07, 6.45) is 2.45. The summed E-state index contributed by atoms with van der Waals surface area (Å²) in [7, 11) is 0. The van der Waals surface area contributed by atoms with Gasteiger partial charge in [-0.25, -0.2) is 0 Å². The Balaban J connectivity index is 2.13. The van der Waals surface area contributed by atoms with Crippen molar-refractivity contribution in [3.8, 4) is 0 Å². The van der Waals surface area contributed by atoms with Gasteiger partial charge in [0.25, 0.3) is 0 Å². The third-order valence-electron chi connectivity index (χ3n) is 3.94. The largest absolute Gasteiger partial charge is 0.374 e. The standard InChI is InChI=1S/C17H27ClN2O/c1-3-9-19-17(14-7-5-6-8-15(14)18)16-13-20(10-4-2)11-12-21-16/h5-8,16-17,19H,3-4,9-13H2,1-2H3. The molecule has 1 aliphatic rings. The Kier molecular flexibility index (Phi) is 6.97. The summed E-state index contributed by atoms with van der Waals surface area (Å²) in [5, 5.41) is 4.44. The lowest BCUT2D eigenvalue weighted by atomic mass is 9.99. The molecule has 0 aromatic heterocycles. The van der Waals surface area contributed by atoms with Gasteiger partial charge < -0.3 is 10.1 Å². The smallest absolute Gasteiger partial charge is 0.0897 e. The van der Waals surface area contributed by atoms with Crippen molar-refractivity contribution >= 4 is 11.6 Å². The highest BCUT2D eigenvalue weighted by Crippen LogP contribution is 2.28. The van der Waals surface area contributed by atoms with E-state index < -0.39 is 0 Å². The van der Waals surface area contributed by atoms with Crippen molar-refractivity contribution in [2.24, 2.45) is 0 Å². The summed E-state index contributed by atoms with van der Waals surface area (Å²) in [6.45, 7) is 9.34. The van der Waals surface area contributed by atoms with Gasteiger partial charge in [-0.1, -0.05) is 43.6 Å². The third-order valence-corrected chi connectivity index (χ3v) is 4.29. The molecule has 2 unspecified atom stereocenters. The van der Waals surface area contributed by atoms with Crippen LogP contribution in [0.4, 0.5) is 0 Å². The normalized spacial score (nSPS) is 21.4. The van der Waals surface area contributed by atoms with Crippen molar-refractivity contribution in [1.82, 2.24) is 10.2 Å². The van der Waals surface area contributed by atoms with Gasteiger partial charge in [-0.3, -0.25) is 4.90 Å². The highest BCUT2D eigenvalue weighted by molar-refractivity contribution is 6.31. The molecule has 4 heteroatoms. The molecule has 2 rings (SSSR count). The summed E-state index contributed by atoms with van der Waals surface area (Å²) >= 11 is 6.41. The molecule has 2 atom stereocenters. The van der Waals surface area contributed by atoms with Gasteiger partial charge in [0.2, 0.25) is 0 Å². The van der Waals surface area contributed by atoms with Crippen LogP contribution in [-0.2, 0) is 4.74 Å². The lowest BCUT2D eigenvalue weighted by molar-refractivity contribution is -0.0470. The van der Waals surface area contributed by atoms with Gasteiger partial charge in [-0.15, -0.1) is 0 Å². The highest BCUT2D eigenvalue weighted by atomic mass is 35.5. The van der Waals surface area contributed by atoms with Gasteiger partial charge in [-0.05, 0) is 37.6 Å². The first-order valence-corrected chi connectivity index (χ1v) is 8.45. The topological polar surface area (TPSA) is 24.5 Å². The van der Waals surface area contributed by atoms with Crippen molar-refractivity contribution in [2.75, 3.05) is 32.8 Å². The van der Waals surface area contributed by atoms with Gasteiger partial charge in [0, 0.05) is 18.1 Å². The lowest BCUT2D eigenvalue weighted by Crippen LogP contribution is -2.48. The SMILES string of the molecule is CCCNC(c1ccccc1Cl)C1CN(CCC)CCO1. The Labute approximate surface area is 133 Å². The van der Waals surface area contributed by atoms with Crippen molar-refractivity contribution in [1.29, 1.82) is 0 Å². The Morgan fingerprint density at radius 2 is 2.14 bits per heavy atom. The number of hydrogen-bond donors (Lipinski definition) is 1. The molecule has 1 aromatic rings. The first-order chi connectivity index (χ1) is 10.3. The molecule has 0 spiro atoms. The second kappa shape index (κ2) is 8.74. The number of hydrogen-bond acceptors (Lipinski definition) is 3. The molecule has 0 radical (unpaired) electrons. The predicted molar refractivity (Wildman–Crippen MR) is 89.0 cm³/mol. The highest BCUT2D eigenvalue weighted by Gasteiger charge is 2.29. The molecule has 1 aromatic carbocycles. The van der Waals surface area contributed by atoms with Gasteiger partial charge in [0.15, 0.2) is 0 Å². The molecule has 3 nitrogen and oxygen atoms in total. The zero-order valence-corrected chi connectivity index (χ0v) is 13.9. The van der Waals surface area contributed by atoms with E-state index in [0.29, 0.717) is 0 Å². The molecular formula is C17H27ClN2O. The van der Waals surface area contributed by atoms with Gasteiger partial charge in [0.1, 0.15) is 0 Å². The lowest BCUT2D eigenvalue weighted by Gasteiger charge is -2.37. The molecule has 1 fully saturated rings. The van der Waals surface area contributed by atoms with Crippen LogP contribution in [0.3, 0.4) is 0 Å². The minimum atomic E-state index is 0.164. The molecular weight excluding hydrogens is 284 g/mol. The Morgan fingerprint density at radius 1 is 1.33 bits per heavy atom. The average molecular weight is 311 g/mol. The summed E-state index contributed by atoms with van der Waals surface area (Å²) in [5.41, 5.74) is 1.15. The zero-order valence-electron chi connectivity index (χ0n) is 13.1. The molecule has 0 amide bonds. The van der Waals surface area contributed by atoms with Crippen LogP contribution in [0.5, 0.6) is 0 Å². The maximum absolute atomic E-state index is 6.41. The fourth-order valence-corrected chi connectivity index (χ4v) is 3.17. The van der Waals surface area contributed by atoms with Crippen LogP contribution in [0.15, 0.2) is 24.3 Å². The summed E-state index contributed by atoms with van der Waals surface area (Å²) in [4.78, 5) is 2.49. The molecule has 1 saturated heterocycles. The van der Waals surface area contributed by atoms with Crippen LogP contribution >= 0.6 is 11.6 Å². The molecule has 1 N–H and O–H groups in total. The molecule has 118 valence electrons. The van der Waals surface area contributed by atoms with Crippen LogP contribution in [-0.4, -0.2) is 43.8 Å². The molecule has 0 bridgehead atoms. The van der Waals surface area contributed by atoms with Crippen LogP contribution in [0.1, 0.15) is 38.3 Å². The van der Waals surface area contributed by atoms with Crippen molar-refractivity contribution in [3.63, 3.8) is 0 Å². The quantitative estimate of drug-likeness (QED) is 0.834. The minimum absolute atomic E-state index is 0.164. The average Bonchev–Trinajstić information content (AvgIpc) is 2.50. The van der Waals surface area contributed by atoms with E-state index >= 15 is 0 Å². The summed E-state index contributed by atoms with van der Waals surface area (Å²) < 4.78 is 6.06. The van der Waals surface area contributed by atoms with Gasteiger partial charge in [-0.2, -0.15) is 0 Å². The second-order valence-corrected chi connectivity index (χ2v) is 6.07. The number of rotatable bonds is 7. The molecule has 0 saturated carbocycles. The van der Waals surface area contributed by atoms with Crippen molar-refractivity contribution in [2.45, 2.75) is 38.8 Å². The number of halogens is 1. The zero-order chi connectivity index (χ0) is 15.1. The number of nitrogens with one attached hydrogen (secondary N) is 1. The maximum Gasteiger partial charge on any atom is 0.0897 e. The number of ether oxygens (including phenoxy) is 1. The Hall–Kier alpha value is -0.610. The van der Waals surface area contributed by atoms with E-state index in [2.05, 4.69) is 36.2 Å². The Bertz CT molecular complexity index is 425. The number of benzene rings is 1. The van der Waals surface area contributed by atoms with Crippen LogP contribution in [0.25, 0.3) is 0 Å². The van der Waals surface area contributed by atoms with E-state index in [0.717, 1.165) is 49.8 Å². The molecule has 0 aliphatic carbocycles. The summed E-state index contributed by atoms with van der Waals surface area (Å²) in [5.74, 6) is 0. The predicted octanol–water partition coefficient (Wildman–Crippen LogP) is 3.49. The molecule has 1 aliphatic heterocycles. The molecule has 21 heavy (non-hydrogen) atoms. The first-order valence-electron chi connectivity index (χ1n) is 8.08. The Morgan fingerprint density at radius 3 is 2.86 bits per heavy atom. The monoisotopic (exact) mass is 310 g/mol. The number of morpholine rings is 1. The van der Waals surface area contributed by atoms with E-state index in [1.54, 1.807) is 0 Å². The minimum Gasteiger partial charge on any atom is -0.374 e. The summed E-state index contributed by atoms with van der Waals surface area (Å²) in [6, 6.07) is 8.27. The third kappa shape index (κ3) is 4.68. The van der Waals surface area contributed by atoms with Gasteiger partial charge in [0.05, 0.1) is 18.8 Å². The molecule has 1 heterocycles. The van der Waals surface area contributed by atoms with Crippen LogP contribution in [0, 0.1) is 0 Å². The van der Waals surface area contributed by atoms with Gasteiger partial charge >= 0.3 is 0 Å². The van der Waals surface area contributed by atoms with E-state index in [1.165, 1.54) is 6.42 Å². The van der Waals surface area contributed by atoms with E-state index in [9.17, 15) is 0 Å². The van der Waals surface area contributed by atoms with Crippen molar-refractivity contribution in [3.05, 3.63) is 34.9 Å². The second-order valence-electron chi connectivity index (χ2n) is 5.66. The van der Waals surface area contributed by atoms with Crippen LogP contribution in [0.2, 0.25) is 5.02 Å². The fraction of sp³-hybridized carbons (Fsp3) is 0.647. The fourth-order valence-electron chi connectivity index (χ4n) is 2.92.